The number of para-hydroxylation sites is 1. The van der Waals surface area contributed by atoms with E-state index >= 15 is 0 Å². The summed E-state index contributed by atoms with van der Waals surface area (Å²) < 4.78 is 24.7. The highest BCUT2D eigenvalue weighted by molar-refractivity contribution is 5.81. The van der Waals surface area contributed by atoms with Gasteiger partial charge in [0, 0.05) is 10.9 Å². The van der Waals surface area contributed by atoms with Crippen molar-refractivity contribution in [1.82, 2.24) is 10.2 Å². The van der Waals surface area contributed by atoms with Crippen LogP contribution in [-0.2, 0) is 0 Å². The Morgan fingerprint density at radius 3 is 2.92 bits per heavy atom. The van der Waals surface area contributed by atoms with Crippen molar-refractivity contribution < 1.29 is 8.78 Å². The standard InChI is InChI=1S/C8H6F2N2/c9-8(10)6-3-1-2-5-4-11-12-7(5)6/h1-4,8H,(H,11,12). The highest BCUT2D eigenvalue weighted by Crippen LogP contribution is 2.25. The molecule has 0 unspecified atom stereocenters. The lowest BCUT2D eigenvalue weighted by Crippen LogP contribution is -1.85. The molecule has 0 amide bonds. The first-order valence-electron chi connectivity index (χ1n) is 3.49. The van der Waals surface area contributed by atoms with Crippen molar-refractivity contribution in [1.29, 1.82) is 0 Å². The van der Waals surface area contributed by atoms with Crippen LogP contribution in [-0.4, -0.2) is 10.2 Å². The summed E-state index contributed by atoms with van der Waals surface area (Å²) >= 11 is 0. The molecule has 2 aromatic rings. The molecule has 4 heteroatoms. The van der Waals surface area contributed by atoms with E-state index in [0.29, 0.717) is 10.9 Å². The van der Waals surface area contributed by atoms with Crippen molar-refractivity contribution in [3.8, 4) is 0 Å². The fraction of sp³-hybridized carbons (Fsp3) is 0.125. The van der Waals surface area contributed by atoms with E-state index in [-0.39, 0.29) is 5.56 Å². The van der Waals surface area contributed by atoms with Crippen LogP contribution in [0, 0.1) is 0 Å². The molecule has 0 aliphatic rings. The quantitative estimate of drug-likeness (QED) is 0.696. The largest absolute Gasteiger partial charge is 0.277 e. The van der Waals surface area contributed by atoms with Gasteiger partial charge in [-0.2, -0.15) is 5.10 Å². The topological polar surface area (TPSA) is 28.7 Å². The summed E-state index contributed by atoms with van der Waals surface area (Å²) in [5, 5.41) is 6.94. The van der Waals surface area contributed by atoms with Crippen molar-refractivity contribution in [3.63, 3.8) is 0 Å². The average Bonchev–Trinajstić information content (AvgIpc) is 2.49. The summed E-state index contributed by atoms with van der Waals surface area (Å²) in [7, 11) is 0. The Morgan fingerprint density at radius 1 is 1.33 bits per heavy atom. The molecular weight excluding hydrogens is 162 g/mol. The van der Waals surface area contributed by atoms with Crippen molar-refractivity contribution in [2.24, 2.45) is 0 Å². The molecule has 2 nitrogen and oxygen atoms in total. The zero-order chi connectivity index (χ0) is 8.55. The van der Waals surface area contributed by atoms with Crippen LogP contribution in [0.15, 0.2) is 24.4 Å². The second-order valence-electron chi connectivity index (χ2n) is 2.48. The molecule has 0 atom stereocenters. The minimum Gasteiger partial charge on any atom is -0.277 e. The van der Waals surface area contributed by atoms with E-state index in [4.69, 9.17) is 0 Å². The smallest absolute Gasteiger partial charge is 0.265 e. The van der Waals surface area contributed by atoms with Crippen LogP contribution in [0.25, 0.3) is 10.9 Å². The summed E-state index contributed by atoms with van der Waals surface area (Å²) in [5.41, 5.74) is 0.428. The number of fused-ring (bicyclic) bond motifs is 1. The Morgan fingerprint density at radius 2 is 2.17 bits per heavy atom. The van der Waals surface area contributed by atoms with E-state index in [9.17, 15) is 8.78 Å². The zero-order valence-corrected chi connectivity index (χ0v) is 6.09. The number of hydrogen-bond acceptors (Lipinski definition) is 1. The molecule has 0 radical (unpaired) electrons. The number of aromatic amines is 1. The van der Waals surface area contributed by atoms with Gasteiger partial charge in [-0.1, -0.05) is 18.2 Å². The number of nitrogens with zero attached hydrogens (tertiary/aromatic N) is 1. The van der Waals surface area contributed by atoms with E-state index in [0.717, 1.165) is 0 Å². The fourth-order valence-corrected chi connectivity index (χ4v) is 1.17. The van der Waals surface area contributed by atoms with E-state index < -0.39 is 6.43 Å². The summed E-state index contributed by atoms with van der Waals surface area (Å²) in [6.07, 6.45) is -0.921. The van der Waals surface area contributed by atoms with Gasteiger partial charge in [0.1, 0.15) is 0 Å². The first-order chi connectivity index (χ1) is 5.79. The molecule has 2 rings (SSSR count). The summed E-state index contributed by atoms with van der Waals surface area (Å²) in [5.74, 6) is 0. The molecule has 0 spiro atoms. The van der Waals surface area contributed by atoms with Gasteiger partial charge < -0.3 is 0 Å². The van der Waals surface area contributed by atoms with E-state index in [2.05, 4.69) is 10.2 Å². The van der Waals surface area contributed by atoms with Crippen LogP contribution in [0.1, 0.15) is 12.0 Å². The molecule has 0 saturated heterocycles. The predicted molar refractivity (Wildman–Crippen MR) is 41.1 cm³/mol. The second-order valence-corrected chi connectivity index (χ2v) is 2.48. The van der Waals surface area contributed by atoms with Gasteiger partial charge >= 0.3 is 0 Å². The molecule has 1 N–H and O–H groups in total. The Balaban J connectivity index is 2.73. The van der Waals surface area contributed by atoms with Gasteiger partial charge in [0.05, 0.1) is 11.7 Å². The maximum atomic E-state index is 12.3. The van der Waals surface area contributed by atoms with Gasteiger partial charge in [-0.3, -0.25) is 5.10 Å². The lowest BCUT2D eigenvalue weighted by molar-refractivity contribution is 0.153. The van der Waals surface area contributed by atoms with Gasteiger partial charge in [-0.25, -0.2) is 8.78 Å². The number of hydrogen-bond donors (Lipinski definition) is 1. The maximum absolute atomic E-state index is 12.3. The van der Waals surface area contributed by atoms with Crippen molar-refractivity contribution in [2.45, 2.75) is 6.43 Å². The molecule has 0 saturated carbocycles. The number of benzene rings is 1. The highest BCUT2D eigenvalue weighted by atomic mass is 19.3. The van der Waals surface area contributed by atoms with Crippen molar-refractivity contribution >= 4 is 10.9 Å². The minimum atomic E-state index is -2.45. The van der Waals surface area contributed by atoms with Gasteiger partial charge in [-0.05, 0) is 0 Å². The molecule has 1 aromatic heterocycles. The van der Waals surface area contributed by atoms with E-state index in [1.165, 1.54) is 12.3 Å². The monoisotopic (exact) mass is 168 g/mol. The third kappa shape index (κ3) is 0.958. The summed E-state index contributed by atoms with van der Waals surface area (Å²) in [4.78, 5) is 0. The third-order valence-electron chi connectivity index (χ3n) is 1.74. The second kappa shape index (κ2) is 2.55. The molecule has 62 valence electrons. The molecular formula is C8H6F2N2. The Hall–Kier alpha value is -1.45. The molecule has 1 heterocycles. The molecule has 12 heavy (non-hydrogen) atoms. The summed E-state index contributed by atoms with van der Waals surface area (Å²) in [6, 6.07) is 4.73. The summed E-state index contributed by atoms with van der Waals surface area (Å²) in [6.45, 7) is 0. The number of nitrogens with one attached hydrogen (secondary N) is 1. The van der Waals surface area contributed by atoms with Crippen LogP contribution in [0.4, 0.5) is 8.78 Å². The van der Waals surface area contributed by atoms with Crippen molar-refractivity contribution in [3.05, 3.63) is 30.0 Å². The predicted octanol–water partition coefficient (Wildman–Crippen LogP) is 2.50. The normalized spacial score (nSPS) is 11.2. The maximum Gasteiger partial charge on any atom is 0.265 e. The molecule has 0 fully saturated rings. The fourth-order valence-electron chi connectivity index (χ4n) is 1.17. The zero-order valence-electron chi connectivity index (χ0n) is 6.09. The third-order valence-corrected chi connectivity index (χ3v) is 1.74. The number of halogens is 2. The van der Waals surface area contributed by atoms with Crippen LogP contribution in [0.5, 0.6) is 0 Å². The average molecular weight is 168 g/mol. The van der Waals surface area contributed by atoms with Crippen LogP contribution < -0.4 is 0 Å². The number of aromatic nitrogens is 2. The SMILES string of the molecule is FC(F)c1cccc2cn[nH]c12. The van der Waals surface area contributed by atoms with Gasteiger partial charge in [0.2, 0.25) is 0 Å². The molecule has 0 aliphatic heterocycles. The molecule has 1 aromatic carbocycles. The Bertz CT molecular complexity index is 395. The van der Waals surface area contributed by atoms with Crippen LogP contribution in [0.3, 0.4) is 0 Å². The minimum absolute atomic E-state index is 0.00463. The Labute approximate surface area is 67.2 Å². The van der Waals surface area contributed by atoms with Gasteiger partial charge in [0.25, 0.3) is 6.43 Å². The van der Waals surface area contributed by atoms with Crippen LogP contribution >= 0.6 is 0 Å². The first kappa shape index (κ1) is 7.21. The number of rotatable bonds is 1. The van der Waals surface area contributed by atoms with E-state index in [1.54, 1.807) is 12.1 Å². The number of H-pyrrole nitrogens is 1. The molecule has 0 bridgehead atoms. The van der Waals surface area contributed by atoms with E-state index in [1.807, 2.05) is 0 Å². The highest BCUT2D eigenvalue weighted by Gasteiger charge is 2.11. The molecule has 0 aliphatic carbocycles. The first-order valence-corrected chi connectivity index (χ1v) is 3.49. The lowest BCUT2D eigenvalue weighted by atomic mass is 10.1. The lowest BCUT2D eigenvalue weighted by Gasteiger charge is -1.99. The van der Waals surface area contributed by atoms with Crippen LogP contribution in [0.2, 0.25) is 0 Å². The van der Waals surface area contributed by atoms with Gasteiger partial charge in [0.15, 0.2) is 0 Å². The number of alkyl halides is 2. The Kier molecular flexibility index (Phi) is 1.53. The van der Waals surface area contributed by atoms with Gasteiger partial charge in [-0.15, -0.1) is 0 Å². The van der Waals surface area contributed by atoms with Crippen molar-refractivity contribution in [2.75, 3.05) is 0 Å².